The Morgan fingerprint density at radius 3 is 2.93 bits per heavy atom. The zero-order valence-electron chi connectivity index (χ0n) is 16.3. The smallest absolute Gasteiger partial charge is 0.241 e. The second kappa shape index (κ2) is 7.50. The molecule has 2 saturated heterocycles. The molecule has 0 radical (unpaired) electrons. The van der Waals surface area contributed by atoms with Crippen LogP contribution in [0.2, 0.25) is 0 Å². The SMILES string of the molecule is COc1ccc(Cc2nc3ccc(NC(=O)[C@@H]4C[C@@H]5OCC[C@@H]5N4)cc3[nH]2)cc1. The number of rotatable bonds is 5. The summed E-state index contributed by atoms with van der Waals surface area (Å²) in [6.45, 7) is 0.784. The van der Waals surface area contributed by atoms with Gasteiger partial charge in [0, 0.05) is 24.8 Å². The predicted octanol–water partition coefficient (Wildman–Crippen LogP) is 2.62. The maximum Gasteiger partial charge on any atom is 0.241 e. The lowest BCUT2D eigenvalue weighted by molar-refractivity contribution is -0.118. The summed E-state index contributed by atoms with van der Waals surface area (Å²) in [5.74, 6) is 1.71. The lowest BCUT2D eigenvalue weighted by Crippen LogP contribution is -2.39. The molecular weight excluding hydrogens is 368 g/mol. The minimum atomic E-state index is -0.201. The Morgan fingerprint density at radius 2 is 2.14 bits per heavy atom. The Balaban J connectivity index is 1.27. The van der Waals surface area contributed by atoms with Crippen LogP contribution in [0.3, 0.4) is 0 Å². The van der Waals surface area contributed by atoms with Crippen molar-refractivity contribution in [3.63, 3.8) is 0 Å². The van der Waals surface area contributed by atoms with Gasteiger partial charge in [-0.15, -0.1) is 0 Å². The maximum atomic E-state index is 12.6. The first-order chi connectivity index (χ1) is 14.2. The van der Waals surface area contributed by atoms with E-state index in [2.05, 4.69) is 20.6 Å². The van der Waals surface area contributed by atoms with Crippen LogP contribution >= 0.6 is 0 Å². The zero-order chi connectivity index (χ0) is 19.8. The van der Waals surface area contributed by atoms with Crippen LogP contribution in [-0.2, 0) is 16.0 Å². The number of imidazole rings is 1. The van der Waals surface area contributed by atoms with Crippen molar-refractivity contribution in [2.75, 3.05) is 19.0 Å². The van der Waals surface area contributed by atoms with Crippen LogP contribution in [0.1, 0.15) is 24.2 Å². The summed E-state index contributed by atoms with van der Waals surface area (Å²) in [5.41, 5.74) is 3.71. The summed E-state index contributed by atoms with van der Waals surface area (Å²) in [6, 6.07) is 13.8. The molecule has 7 heteroatoms. The van der Waals surface area contributed by atoms with Gasteiger partial charge in [0.1, 0.15) is 11.6 Å². The van der Waals surface area contributed by atoms with Gasteiger partial charge in [0.15, 0.2) is 0 Å². The van der Waals surface area contributed by atoms with E-state index in [4.69, 9.17) is 9.47 Å². The van der Waals surface area contributed by atoms with Crippen molar-refractivity contribution >= 4 is 22.6 Å². The predicted molar refractivity (Wildman–Crippen MR) is 110 cm³/mol. The van der Waals surface area contributed by atoms with Crippen molar-refractivity contribution in [1.29, 1.82) is 0 Å². The van der Waals surface area contributed by atoms with E-state index in [9.17, 15) is 4.79 Å². The molecule has 2 aliphatic heterocycles. The molecule has 3 aromatic rings. The van der Waals surface area contributed by atoms with Crippen molar-refractivity contribution in [2.45, 2.75) is 37.5 Å². The highest BCUT2D eigenvalue weighted by Gasteiger charge is 2.40. The third-order valence-corrected chi connectivity index (χ3v) is 5.74. The Labute approximate surface area is 168 Å². The van der Waals surface area contributed by atoms with Gasteiger partial charge >= 0.3 is 0 Å². The zero-order valence-corrected chi connectivity index (χ0v) is 16.3. The summed E-state index contributed by atoms with van der Waals surface area (Å²) in [7, 11) is 1.66. The molecule has 0 unspecified atom stereocenters. The highest BCUT2D eigenvalue weighted by molar-refractivity contribution is 5.96. The molecule has 5 rings (SSSR count). The van der Waals surface area contributed by atoms with Crippen LogP contribution in [-0.4, -0.2) is 47.8 Å². The van der Waals surface area contributed by atoms with Crippen molar-refractivity contribution in [3.05, 3.63) is 53.9 Å². The van der Waals surface area contributed by atoms with E-state index in [1.54, 1.807) is 7.11 Å². The Bertz CT molecular complexity index is 1020. The highest BCUT2D eigenvalue weighted by atomic mass is 16.5. The van der Waals surface area contributed by atoms with E-state index in [0.717, 1.165) is 53.3 Å². The number of amides is 1. The maximum absolute atomic E-state index is 12.6. The first-order valence-electron chi connectivity index (χ1n) is 9.98. The molecule has 150 valence electrons. The van der Waals surface area contributed by atoms with Crippen molar-refractivity contribution < 1.29 is 14.3 Å². The number of benzene rings is 2. The van der Waals surface area contributed by atoms with E-state index in [1.807, 2.05) is 42.5 Å². The number of hydrogen-bond donors (Lipinski definition) is 3. The minimum Gasteiger partial charge on any atom is -0.497 e. The fraction of sp³-hybridized carbons (Fsp3) is 0.364. The van der Waals surface area contributed by atoms with Gasteiger partial charge in [-0.3, -0.25) is 4.79 Å². The molecule has 0 aliphatic carbocycles. The molecule has 2 aliphatic rings. The van der Waals surface area contributed by atoms with Gasteiger partial charge in [-0.25, -0.2) is 4.98 Å². The van der Waals surface area contributed by atoms with E-state index in [1.165, 1.54) is 0 Å². The number of ether oxygens (including phenoxy) is 2. The molecule has 3 atom stereocenters. The standard InChI is InChI=1S/C22H24N4O3/c1-28-15-5-2-13(3-6-15)10-21-25-16-7-4-14(11-18(16)26-21)23-22(27)19-12-20-17(24-19)8-9-29-20/h2-7,11,17,19-20,24H,8-10,12H2,1H3,(H,23,27)(H,25,26)/t17-,19-,20-/m0/s1. The van der Waals surface area contributed by atoms with Gasteiger partial charge in [-0.2, -0.15) is 0 Å². The highest BCUT2D eigenvalue weighted by Crippen LogP contribution is 2.26. The topological polar surface area (TPSA) is 88.3 Å². The first kappa shape index (κ1) is 18.1. The molecular formula is C22H24N4O3. The van der Waals surface area contributed by atoms with Gasteiger partial charge in [0.25, 0.3) is 0 Å². The molecule has 3 heterocycles. The average Bonchev–Trinajstić information content (AvgIpc) is 3.42. The number of aromatic nitrogens is 2. The van der Waals surface area contributed by atoms with Crippen LogP contribution in [0.5, 0.6) is 5.75 Å². The molecule has 0 spiro atoms. The van der Waals surface area contributed by atoms with Gasteiger partial charge < -0.3 is 25.1 Å². The summed E-state index contributed by atoms with van der Waals surface area (Å²) in [5, 5.41) is 6.40. The quantitative estimate of drug-likeness (QED) is 0.621. The van der Waals surface area contributed by atoms with Crippen LogP contribution in [0, 0.1) is 0 Å². The number of methoxy groups -OCH3 is 1. The van der Waals surface area contributed by atoms with E-state index in [-0.39, 0.29) is 18.1 Å². The van der Waals surface area contributed by atoms with E-state index in [0.29, 0.717) is 12.5 Å². The third kappa shape index (κ3) is 3.71. The summed E-state index contributed by atoms with van der Waals surface area (Å²) < 4.78 is 10.9. The van der Waals surface area contributed by atoms with E-state index < -0.39 is 0 Å². The average molecular weight is 392 g/mol. The number of anilines is 1. The molecule has 29 heavy (non-hydrogen) atoms. The number of fused-ring (bicyclic) bond motifs is 2. The van der Waals surface area contributed by atoms with Crippen molar-refractivity contribution in [2.24, 2.45) is 0 Å². The second-order valence-corrected chi connectivity index (χ2v) is 7.69. The van der Waals surface area contributed by atoms with Crippen LogP contribution < -0.4 is 15.4 Å². The van der Waals surface area contributed by atoms with Crippen molar-refractivity contribution in [3.8, 4) is 5.75 Å². The Kier molecular flexibility index (Phi) is 4.69. The Morgan fingerprint density at radius 1 is 1.28 bits per heavy atom. The summed E-state index contributed by atoms with van der Waals surface area (Å²) in [4.78, 5) is 20.6. The molecule has 2 aromatic carbocycles. The lowest BCUT2D eigenvalue weighted by Gasteiger charge is -2.13. The number of carbonyl (C=O) groups excluding carboxylic acids is 1. The van der Waals surface area contributed by atoms with Gasteiger partial charge in [-0.05, 0) is 48.7 Å². The van der Waals surface area contributed by atoms with E-state index >= 15 is 0 Å². The van der Waals surface area contributed by atoms with Crippen LogP contribution in [0.25, 0.3) is 11.0 Å². The van der Waals surface area contributed by atoms with Crippen molar-refractivity contribution in [1.82, 2.24) is 15.3 Å². The van der Waals surface area contributed by atoms with Crippen LogP contribution in [0.15, 0.2) is 42.5 Å². The fourth-order valence-electron chi connectivity index (χ4n) is 4.20. The molecule has 2 fully saturated rings. The lowest BCUT2D eigenvalue weighted by atomic mass is 10.1. The Hall–Kier alpha value is -2.90. The molecule has 0 saturated carbocycles. The number of H-pyrrole nitrogens is 1. The first-order valence-corrected chi connectivity index (χ1v) is 9.98. The number of aromatic amines is 1. The molecule has 1 aromatic heterocycles. The number of nitrogens with one attached hydrogen (secondary N) is 3. The summed E-state index contributed by atoms with van der Waals surface area (Å²) in [6.07, 6.45) is 2.58. The normalized spacial score (nSPS) is 23.3. The molecule has 7 nitrogen and oxygen atoms in total. The number of nitrogens with zero attached hydrogens (tertiary/aromatic N) is 1. The molecule has 0 bridgehead atoms. The second-order valence-electron chi connectivity index (χ2n) is 7.69. The molecule has 3 N–H and O–H groups in total. The minimum absolute atomic E-state index is 0.0136. The fourth-order valence-corrected chi connectivity index (χ4v) is 4.20. The van der Waals surface area contributed by atoms with Gasteiger partial charge in [0.2, 0.25) is 5.91 Å². The molecule has 1 amide bonds. The summed E-state index contributed by atoms with van der Waals surface area (Å²) >= 11 is 0. The number of hydrogen-bond acceptors (Lipinski definition) is 5. The monoisotopic (exact) mass is 392 g/mol. The van der Waals surface area contributed by atoms with Gasteiger partial charge in [0.05, 0.1) is 30.3 Å². The van der Waals surface area contributed by atoms with Crippen LogP contribution in [0.4, 0.5) is 5.69 Å². The number of carbonyl (C=O) groups is 1. The third-order valence-electron chi connectivity index (χ3n) is 5.74. The largest absolute Gasteiger partial charge is 0.497 e. The van der Waals surface area contributed by atoms with Gasteiger partial charge in [-0.1, -0.05) is 12.1 Å².